The molecule has 1 saturated heterocycles. The van der Waals surface area contributed by atoms with E-state index >= 15 is 0 Å². The maximum Gasteiger partial charge on any atom is 0.250 e. The van der Waals surface area contributed by atoms with Crippen LogP contribution in [0.5, 0.6) is 0 Å². The van der Waals surface area contributed by atoms with Crippen LogP contribution in [0.1, 0.15) is 27.9 Å². The summed E-state index contributed by atoms with van der Waals surface area (Å²) in [4.78, 5) is 12.4. The number of aryl methyl sites for hydroxylation is 1. The van der Waals surface area contributed by atoms with Gasteiger partial charge in [0, 0.05) is 18.5 Å². The Morgan fingerprint density at radius 3 is 3.00 bits per heavy atom. The fourth-order valence-corrected chi connectivity index (χ4v) is 2.47. The van der Waals surface area contributed by atoms with Gasteiger partial charge in [-0.3, -0.25) is 4.79 Å². The Kier molecular flexibility index (Phi) is 2.65. The number of ketones is 1. The van der Waals surface area contributed by atoms with Crippen LogP contribution in [-0.2, 0) is 0 Å². The zero-order valence-electron chi connectivity index (χ0n) is 11.5. The van der Waals surface area contributed by atoms with Crippen LogP contribution in [0.4, 0.5) is 0 Å². The molecule has 0 unspecified atom stereocenters. The van der Waals surface area contributed by atoms with E-state index < -0.39 is 0 Å². The molecule has 6 heteroatoms. The van der Waals surface area contributed by atoms with Gasteiger partial charge in [-0.05, 0) is 18.6 Å². The number of hydrogen-bond donors (Lipinski definition) is 1. The molecule has 0 spiro atoms. The SMILES string of the molecule is Cc1cccc2cc(C(=O)c3cn(C4CNC4)nn3)oc12. The number of nitrogens with one attached hydrogen (secondary N) is 1. The van der Waals surface area contributed by atoms with Crippen molar-refractivity contribution in [1.82, 2.24) is 20.3 Å². The topological polar surface area (TPSA) is 73.0 Å². The Labute approximate surface area is 120 Å². The molecule has 1 aliphatic rings. The van der Waals surface area contributed by atoms with Crippen LogP contribution in [0, 0.1) is 6.92 Å². The zero-order chi connectivity index (χ0) is 14.4. The van der Waals surface area contributed by atoms with Gasteiger partial charge in [0.15, 0.2) is 11.5 Å². The maximum absolute atomic E-state index is 12.4. The lowest BCUT2D eigenvalue weighted by Crippen LogP contribution is -2.43. The molecule has 0 radical (unpaired) electrons. The van der Waals surface area contributed by atoms with Crippen LogP contribution in [0.3, 0.4) is 0 Å². The Bertz CT molecular complexity index is 829. The first-order chi connectivity index (χ1) is 10.2. The summed E-state index contributed by atoms with van der Waals surface area (Å²) in [5.41, 5.74) is 2.07. The van der Waals surface area contributed by atoms with Crippen molar-refractivity contribution in [2.24, 2.45) is 0 Å². The maximum atomic E-state index is 12.4. The smallest absolute Gasteiger partial charge is 0.250 e. The minimum absolute atomic E-state index is 0.232. The first-order valence-electron chi connectivity index (χ1n) is 6.89. The highest BCUT2D eigenvalue weighted by Gasteiger charge is 2.23. The van der Waals surface area contributed by atoms with E-state index in [0.29, 0.717) is 11.5 Å². The summed E-state index contributed by atoms with van der Waals surface area (Å²) in [5, 5.41) is 12.1. The molecular weight excluding hydrogens is 268 g/mol. The number of benzene rings is 1. The summed E-state index contributed by atoms with van der Waals surface area (Å²) < 4.78 is 7.42. The van der Waals surface area contributed by atoms with Crippen molar-refractivity contribution in [3.8, 4) is 0 Å². The van der Waals surface area contributed by atoms with Gasteiger partial charge in [0.1, 0.15) is 5.58 Å². The van der Waals surface area contributed by atoms with Gasteiger partial charge < -0.3 is 9.73 Å². The number of furan rings is 1. The summed E-state index contributed by atoms with van der Waals surface area (Å²) in [6, 6.07) is 7.88. The van der Waals surface area contributed by atoms with Gasteiger partial charge in [0.05, 0.1) is 12.2 Å². The van der Waals surface area contributed by atoms with Crippen molar-refractivity contribution in [2.45, 2.75) is 13.0 Å². The van der Waals surface area contributed by atoms with E-state index in [9.17, 15) is 4.79 Å². The van der Waals surface area contributed by atoms with Gasteiger partial charge in [0.2, 0.25) is 5.78 Å². The van der Waals surface area contributed by atoms with Gasteiger partial charge in [-0.25, -0.2) is 4.68 Å². The Balaban J connectivity index is 1.69. The summed E-state index contributed by atoms with van der Waals surface area (Å²) in [7, 11) is 0. The average Bonchev–Trinajstić information content (AvgIpc) is 3.03. The third-order valence-electron chi connectivity index (χ3n) is 3.84. The Morgan fingerprint density at radius 1 is 1.43 bits per heavy atom. The van der Waals surface area contributed by atoms with E-state index in [2.05, 4.69) is 15.6 Å². The molecule has 21 heavy (non-hydrogen) atoms. The van der Waals surface area contributed by atoms with Crippen LogP contribution in [0.15, 0.2) is 34.9 Å². The second kappa shape index (κ2) is 4.53. The highest BCUT2D eigenvalue weighted by Crippen LogP contribution is 2.24. The lowest BCUT2D eigenvalue weighted by atomic mass is 10.1. The largest absolute Gasteiger partial charge is 0.452 e. The van der Waals surface area contributed by atoms with E-state index in [4.69, 9.17) is 4.42 Å². The average molecular weight is 282 g/mol. The van der Waals surface area contributed by atoms with Crippen molar-refractivity contribution in [3.63, 3.8) is 0 Å². The second-order valence-corrected chi connectivity index (χ2v) is 5.33. The molecule has 0 aliphatic carbocycles. The van der Waals surface area contributed by atoms with E-state index in [1.165, 1.54) is 0 Å². The minimum atomic E-state index is -0.232. The zero-order valence-corrected chi connectivity index (χ0v) is 11.5. The molecule has 0 saturated carbocycles. The molecule has 1 fully saturated rings. The molecule has 1 aliphatic heterocycles. The number of fused-ring (bicyclic) bond motifs is 1. The number of nitrogens with zero attached hydrogens (tertiary/aromatic N) is 3. The quantitative estimate of drug-likeness (QED) is 0.740. The monoisotopic (exact) mass is 282 g/mol. The van der Waals surface area contributed by atoms with Gasteiger partial charge >= 0.3 is 0 Å². The number of carbonyl (C=O) groups excluding carboxylic acids is 1. The highest BCUT2D eigenvalue weighted by atomic mass is 16.3. The number of aromatic nitrogens is 3. The lowest BCUT2D eigenvalue weighted by molar-refractivity contribution is 0.101. The normalized spacial score (nSPS) is 15.3. The first kappa shape index (κ1) is 12.3. The van der Waals surface area contributed by atoms with Crippen molar-refractivity contribution in [3.05, 3.63) is 47.5 Å². The molecule has 4 rings (SSSR count). The molecule has 0 amide bonds. The van der Waals surface area contributed by atoms with Crippen LogP contribution < -0.4 is 5.32 Å². The van der Waals surface area contributed by atoms with Gasteiger partial charge in [0.25, 0.3) is 0 Å². The summed E-state index contributed by atoms with van der Waals surface area (Å²) >= 11 is 0. The van der Waals surface area contributed by atoms with Gasteiger partial charge in [-0.1, -0.05) is 23.4 Å². The molecule has 1 N–H and O–H groups in total. The Morgan fingerprint density at radius 2 is 2.29 bits per heavy atom. The molecule has 1 aromatic carbocycles. The molecule has 0 bridgehead atoms. The summed E-state index contributed by atoms with van der Waals surface area (Å²) in [6.45, 7) is 3.68. The molecule has 3 aromatic rings. The van der Waals surface area contributed by atoms with Crippen molar-refractivity contribution in [2.75, 3.05) is 13.1 Å². The van der Waals surface area contributed by atoms with Crippen LogP contribution >= 0.6 is 0 Å². The minimum Gasteiger partial charge on any atom is -0.452 e. The highest BCUT2D eigenvalue weighted by molar-refractivity contribution is 6.07. The molecule has 3 heterocycles. The third-order valence-corrected chi connectivity index (χ3v) is 3.84. The number of rotatable bonds is 3. The summed E-state index contributed by atoms with van der Waals surface area (Å²) in [6.07, 6.45) is 1.69. The molecule has 0 atom stereocenters. The predicted molar refractivity (Wildman–Crippen MR) is 76.3 cm³/mol. The summed E-state index contributed by atoms with van der Waals surface area (Å²) in [5.74, 6) is 0.0715. The van der Waals surface area contributed by atoms with E-state index in [-0.39, 0.29) is 11.8 Å². The van der Waals surface area contributed by atoms with Crippen LogP contribution in [-0.4, -0.2) is 33.9 Å². The van der Waals surface area contributed by atoms with Crippen LogP contribution in [0.25, 0.3) is 11.0 Å². The number of para-hydroxylation sites is 1. The molecule has 6 nitrogen and oxygen atoms in total. The molecule has 2 aromatic heterocycles. The lowest BCUT2D eigenvalue weighted by Gasteiger charge is -2.26. The second-order valence-electron chi connectivity index (χ2n) is 5.33. The fraction of sp³-hybridized carbons (Fsp3) is 0.267. The van der Waals surface area contributed by atoms with Crippen molar-refractivity contribution in [1.29, 1.82) is 0 Å². The third kappa shape index (κ3) is 1.95. The van der Waals surface area contributed by atoms with Crippen molar-refractivity contribution >= 4 is 16.8 Å². The van der Waals surface area contributed by atoms with E-state index in [0.717, 1.165) is 29.6 Å². The van der Waals surface area contributed by atoms with E-state index in [1.807, 2.05) is 25.1 Å². The van der Waals surface area contributed by atoms with Gasteiger partial charge in [-0.2, -0.15) is 0 Å². The number of carbonyl (C=O) groups is 1. The molecular formula is C15H14N4O2. The Hall–Kier alpha value is -2.47. The standard InChI is InChI=1S/C15H14N4O2/c1-9-3-2-4-10-5-13(21-15(9)10)14(20)12-8-19(18-17-12)11-6-16-7-11/h2-5,8,11,16H,6-7H2,1H3. The van der Waals surface area contributed by atoms with Crippen LogP contribution in [0.2, 0.25) is 0 Å². The van der Waals surface area contributed by atoms with Crippen molar-refractivity contribution < 1.29 is 9.21 Å². The first-order valence-corrected chi connectivity index (χ1v) is 6.89. The number of hydrogen-bond acceptors (Lipinski definition) is 5. The van der Waals surface area contributed by atoms with Gasteiger partial charge in [-0.15, -0.1) is 5.10 Å². The fourth-order valence-electron chi connectivity index (χ4n) is 2.47. The van der Waals surface area contributed by atoms with E-state index in [1.54, 1.807) is 16.9 Å². The predicted octanol–water partition coefficient (Wildman–Crippen LogP) is 1.71. The molecule has 106 valence electrons.